The van der Waals surface area contributed by atoms with E-state index in [4.69, 9.17) is 0 Å². The lowest BCUT2D eigenvalue weighted by Gasteiger charge is -2.26. The third-order valence-electron chi connectivity index (χ3n) is 2.39. The quantitative estimate of drug-likeness (QED) is 0.725. The van der Waals surface area contributed by atoms with Gasteiger partial charge in [-0.1, -0.05) is 30.3 Å². The molecule has 0 spiro atoms. The molecule has 1 aromatic carbocycles. The predicted octanol–water partition coefficient (Wildman–Crippen LogP) is -0.0480. The van der Waals surface area contributed by atoms with Crippen molar-refractivity contribution in [3.05, 3.63) is 35.9 Å². The molecule has 1 saturated heterocycles. The number of amides is 1. The molecule has 1 fully saturated rings. The Balaban J connectivity index is 1.93. The fourth-order valence-electron chi connectivity index (χ4n) is 1.39. The van der Waals surface area contributed by atoms with Gasteiger partial charge in [-0.3, -0.25) is 4.79 Å². The van der Waals surface area contributed by atoms with Gasteiger partial charge in [-0.05, 0) is 5.56 Å². The summed E-state index contributed by atoms with van der Waals surface area (Å²) in [6.07, 6.45) is 0.0458. The molecule has 16 heavy (non-hydrogen) atoms. The van der Waals surface area contributed by atoms with Gasteiger partial charge < -0.3 is 5.32 Å². The molecule has 0 bridgehead atoms. The fraction of sp³-hybridized carbons (Fsp3) is 0.300. The molecule has 86 valence electrons. The zero-order chi connectivity index (χ0) is 11.6. The van der Waals surface area contributed by atoms with Gasteiger partial charge in [0.1, 0.15) is 0 Å². The van der Waals surface area contributed by atoms with Crippen LogP contribution in [0, 0.1) is 0 Å². The van der Waals surface area contributed by atoms with E-state index in [-0.39, 0.29) is 18.9 Å². The van der Waals surface area contributed by atoms with E-state index in [1.807, 2.05) is 30.3 Å². The molecule has 0 radical (unpaired) electrons. The maximum atomic E-state index is 11.6. The maximum absolute atomic E-state index is 11.6. The highest BCUT2D eigenvalue weighted by Crippen LogP contribution is 2.11. The van der Waals surface area contributed by atoms with Crippen molar-refractivity contribution in [2.45, 2.75) is 18.3 Å². The Hall–Kier alpha value is -1.40. The summed E-state index contributed by atoms with van der Waals surface area (Å²) in [4.78, 5) is 10.6. The number of nitrogens with one attached hydrogen (secondary N) is 2. The van der Waals surface area contributed by atoms with Crippen LogP contribution in [0.5, 0.6) is 0 Å². The van der Waals surface area contributed by atoms with Gasteiger partial charge in [0.2, 0.25) is 15.9 Å². The number of sulfonamides is 1. The van der Waals surface area contributed by atoms with E-state index < -0.39 is 15.4 Å². The Morgan fingerprint density at radius 3 is 2.50 bits per heavy atom. The van der Waals surface area contributed by atoms with Crippen molar-refractivity contribution < 1.29 is 13.2 Å². The summed E-state index contributed by atoms with van der Waals surface area (Å²) in [5, 5.41) is 1.56. The van der Waals surface area contributed by atoms with Crippen LogP contribution in [0.15, 0.2) is 30.3 Å². The average Bonchev–Trinajstić information content (AvgIpc) is 2.24. The van der Waals surface area contributed by atoms with Crippen molar-refractivity contribution in [1.82, 2.24) is 10.0 Å². The second kappa shape index (κ2) is 4.23. The minimum absolute atomic E-state index is 0.0458. The number of hydrogen-bond donors (Lipinski definition) is 2. The highest BCUT2D eigenvalue weighted by atomic mass is 32.2. The molecule has 0 aliphatic carbocycles. The molecule has 1 heterocycles. The largest absolute Gasteiger partial charge is 0.338 e. The third kappa shape index (κ3) is 2.40. The molecular formula is C10H12N2O3S. The number of hydrogen-bond acceptors (Lipinski definition) is 3. The number of rotatable bonds is 4. The summed E-state index contributed by atoms with van der Waals surface area (Å²) in [7, 11) is -3.44. The normalized spacial score (nSPS) is 20.0. The monoisotopic (exact) mass is 240 g/mol. The number of carbonyl (C=O) groups is 1. The van der Waals surface area contributed by atoms with Gasteiger partial charge in [-0.2, -0.15) is 0 Å². The van der Waals surface area contributed by atoms with Crippen LogP contribution in [0.4, 0.5) is 0 Å². The lowest BCUT2D eigenvalue weighted by molar-refractivity contribution is -0.126. The average molecular weight is 240 g/mol. The summed E-state index contributed by atoms with van der Waals surface area (Å²) in [6.45, 7) is 0.246. The molecule has 0 aromatic heterocycles. The summed E-state index contributed by atoms with van der Waals surface area (Å²) < 4.78 is 25.7. The smallest absolute Gasteiger partial charge is 0.233 e. The van der Waals surface area contributed by atoms with E-state index in [9.17, 15) is 13.2 Å². The Labute approximate surface area is 93.9 Å². The van der Waals surface area contributed by atoms with E-state index in [0.717, 1.165) is 5.56 Å². The maximum Gasteiger partial charge on any atom is 0.233 e. The summed E-state index contributed by atoms with van der Waals surface area (Å²) in [5.41, 5.74) is 0.886. The molecule has 1 aliphatic heterocycles. The Bertz CT molecular complexity index is 476. The second-order valence-electron chi connectivity index (χ2n) is 3.61. The van der Waals surface area contributed by atoms with Gasteiger partial charge in [-0.15, -0.1) is 0 Å². The first kappa shape index (κ1) is 11.1. The first-order chi connectivity index (χ1) is 7.58. The molecule has 1 aromatic rings. The van der Waals surface area contributed by atoms with Crippen molar-refractivity contribution in [2.75, 3.05) is 0 Å². The van der Waals surface area contributed by atoms with Crippen molar-refractivity contribution >= 4 is 15.9 Å². The summed E-state index contributed by atoms with van der Waals surface area (Å²) in [5.74, 6) is -0.227. The number of β-lactam (4-membered cyclic amide) rings is 1. The minimum atomic E-state index is -3.44. The van der Waals surface area contributed by atoms with Crippen LogP contribution in [-0.4, -0.2) is 19.7 Å². The number of benzene rings is 1. The van der Waals surface area contributed by atoms with Gasteiger partial charge in [-0.25, -0.2) is 13.1 Å². The van der Waals surface area contributed by atoms with Crippen LogP contribution in [0.2, 0.25) is 0 Å². The highest BCUT2D eigenvalue weighted by Gasteiger charge is 2.36. The first-order valence-electron chi connectivity index (χ1n) is 4.90. The van der Waals surface area contributed by atoms with Crippen LogP contribution in [0.25, 0.3) is 0 Å². The molecular weight excluding hydrogens is 228 g/mol. The standard InChI is InChI=1S/C10H12N2O3S/c13-9-6-10(12-9)16(14,15)11-7-8-4-2-1-3-5-8/h1-5,10-11H,6-7H2,(H,12,13)/t10-/m1/s1. The molecule has 1 atom stereocenters. The van der Waals surface area contributed by atoms with Gasteiger partial charge in [0, 0.05) is 6.54 Å². The minimum Gasteiger partial charge on any atom is -0.338 e. The molecule has 1 amide bonds. The van der Waals surface area contributed by atoms with Crippen molar-refractivity contribution in [1.29, 1.82) is 0 Å². The van der Waals surface area contributed by atoms with E-state index in [1.54, 1.807) is 0 Å². The van der Waals surface area contributed by atoms with Gasteiger partial charge in [0.05, 0.1) is 6.42 Å². The molecule has 2 rings (SSSR count). The zero-order valence-corrected chi connectivity index (χ0v) is 9.33. The summed E-state index contributed by atoms with van der Waals surface area (Å²) >= 11 is 0. The van der Waals surface area contributed by atoms with E-state index in [0.29, 0.717) is 0 Å². The lowest BCUT2D eigenvalue weighted by Crippen LogP contribution is -2.56. The van der Waals surface area contributed by atoms with Crippen LogP contribution in [0.3, 0.4) is 0 Å². The molecule has 6 heteroatoms. The van der Waals surface area contributed by atoms with Gasteiger partial charge in [0.25, 0.3) is 0 Å². The van der Waals surface area contributed by atoms with Crippen molar-refractivity contribution in [3.8, 4) is 0 Å². The van der Waals surface area contributed by atoms with Crippen LogP contribution in [0.1, 0.15) is 12.0 Å². The first-order valence-corrected chi connectivity index (χ1v) is 6.44. The Morgan fingerprint density at radius 2 is 1.94 bits per heavy atom. The zero-order valence-electron chi connectivity index (χ0n) is 8.51. The Morgan fingerprint density at radius 1 is 1.31 bits per heavy atom. The molecule has 0 unspecified atom stereocenters. The van der Waals surface area contributed by atoms with E-state index in [2.05, 4.69) is 10.0 Å². The topological polar surface area (TPSA) is 75.3 Å². The van der Waals surface area contributed by atoms with Crippen LogP contribution >= 0.6 is 0 Å². The fourth-order valence-corrected chi connectivity index (χ4v) is 2.62. The van der Waals surface area contributed by atoms with Crippen molar-refractivity contribution in [2.24, 2.45) is 0 Å². The SMILES string of the molecule is O=C1C[C@@H](S(=O)(=O)NCc2ccccc2)N1. The molecule has 1 aliphatic rings. The van der Waals surface area contributed by atoms with Gasteiger partial charge >= 0.3 is 0 Å². The van der Waals surface area contributed by atoms with E-state index in [1.165, 1.54) is 0 Å². The van der Waals surface area contributed by atoms with Crippen molar-refractivity contribution in [3.63, 3.8) is 0 Å². The summed E-state index contributed by atoms with van der Waals surface area (Å²) in [6, 6.07) is 9.22. The molecule has 0 saturated carbocycles. The predicted molar refractivity (Wildman–Crippen MR) is 58.7 cm³/mol. The van der Waals surface area contributed by atoms with E-state index >= 15 is 0 Å². The molecule has 5 nitrogen and oxygen atoms in total. The number of carbonyl (C=O) groups excluding carboxylic acids is 1. The van der Waals surface area contributed by atoms with Crippen LogP contribution in [-0.2, 0) is 21.4 Å². The van der Waals surface area contributed by atoms with Crippen LogP contribution < -0.4 is 10.0 Å². The molecule has 2 N–H and O–H groups in total. The lowest BCUT2D eigenvalue weighted by atomic mass is 10.2. The Kier molecular flexibility index (Phi) is 2.93. The third-order valence-corrected chi connectivity index (χ3v) is 3.97. The highest BCUT2D eigenvalue weighted by molar-refractivity contribution is 7.90. The van der Waals surface area contributed by atoms with Gasteiger partial charge in [0.15, 0.2) is 5.37 Å². The second-order valence-corrected chi connectivity index (χ2v) is 5.56.